The minimum Gasteiger partial charge on any atom is -0.373 e. The van der Waals surface area contributed by atoms with Gasteiger partial charge in [-0.2, -0.15) is 0 Å². The van der Waals surface area contributed by atoms with Gasteiger partial charge in [-0.25, -0.2) is 0 Å². The molecular weight excluding hydrogens is 302 g/mol. The molecule has 1 atom stereocenters. The number of rotatable bonds is 7. The van der Waals surface area contributed by atoms with E-state index in [4.69, 9.17) is 9.79 Å². The molecule has 0 fully saturated rings. The molecule has 1 aromatic carbocycles. The van der Waals surface area contributed by atoms with Gasteiger partial charge in [-0.15, -0.1) is 0 Å². The predicted molar refractivity (Wildman–Crippen MR) is 80.0 cm³/mol. The third kappa shape index (κ3) is 5.37. The summed E-state index contributed by atoms with van der Waals surface area (Å²) in [6.45, 7) is 1.57. The molecule has 1 unspecified atom stereocenters. The molecule has 4 N–H and O–H groups in total. The van der Waals surface area contributed by atoms with Gasteiger partial charge in [0.25, 0.3) is 0 Å². The molecule has 0 radical (unpaired) electrons. The average molecular weight is 322 g/mol. The zero-order chi connectivity index (χ0) is 15.4. The highest BCUT2D eigenvalue weighted by Crippen LogP contribution is 2.53. The van der Waals surface area contributed by atoms with Crippen molar-refractivity contribution in [1.29, 1.82) is 0 Å². The van der Waals surface area contributed by atoms with Gasteiger partial charge < -0.3 is 24.9 Å². The highest BCUT2D eigenvalue weighted by Gasteiger charge is 2.31. The molecule has 0 aliphatic heterocycles. The number of hydrogen-bond donors (Lipinski definition) is 4. The van der Waals surface area contributed by atoms with Crippen LogP contribution in [0.5, 0.6) is 0 Å². The fraction of sp³-hybridized carbons (Fsp3) is 0.455. The maximum Gasteiger partial charge on any atom is 0.335 e. The molecule has 7 nitrogen and oxygen atoms in total. The number of hydrogen-bond acceptors (Lipinski definition) is 4. The Bertz CT molecular complexity index is 528. The summed E-state index contributed by atoms with van der Waals surface area (Å²) in [5.41, 5.74) is 0.861. The Balaban J connectivity index is 2.85. The van der Waals surface area contributed by atoms with E-state index < -0.39 is 20.9 Å². The van der Waals surface area contributed by atoms with Crippen LogP contribution in [0.25, 0.3) is 0 Å². The summed E-state index contributed by atoms with van der Waals surface area (Å²) in [6, 6.07) is 6.18. The van der Waals surface area contributed by atoms with Crippen molar-refractivity contribution in [3.05, 3.63) is 24.3 Å². The number of likely N-dealkylation sites (N-methyl/N-ethyl adjacent to an activating group) is 2. The summed E-state index contributed by atoms with van der Waals surface area (Å²) in [4.78, 5) is 29.3. The van der Waals surface area contributed by atoms with Crippen LogP contribution in [-0.4, -0.2) is 47.8 Å². The largest absolute Gasteiger partial charge is 0.373 e. The summed E-state index contributed by atoms with van der Waals surface area (Å²) in [5.74, 6) is -1.03. The standard InChI is InChI=1S/C11H20N2O5P2/c1-12-7-8-13(2)10-3-5-11(6-4-10)19(14,15)9-20(16,17)18/h3-6,12H,7-9H2,1-2H3,(H,14,15)(H2,16,17,18). The van der Waals surface area contributed by atoms with Gasteiger partial charge in [-0.05, 0) is 31.3 Å². The summed E-state index contributed by atoms with van der Waals surface area (Å²) < 4.78 is 22.8. The third-order valence-electron chi connectivity index (χ3n) is 2.77. The molecule has 9 heteroatoms. The molecule has 0 aliphatic carbocycles. The molecule has 1 aromatic rings. The molecule has 0 amide bonds. The maximum absolute atomic E-state index is 11.9. The lowest BCUT2D eigenvalue weighted by Crippen LogP contribution is -2.27. The Hall–Kier alpha value is -0.680. The van der Waals surface area contributed by atoms with E-state index in [-0.39, 0.29) is 5.30 Å². The molecule has 0 spiro atoms. The molecule has 0 bridgehead atoms. The smallest absolute Gasteiger partial charge is 0.335 e. The first-order valence-corrected chi connectivity index (χ1v) is 9.63. The first kappa shape index (κ1) is 17.4. The van der Waals surface area contributed by atoms with E-state index in [1.807, 2.05) is 19.0 Å². The zero-order valence-electron chi connectivity index (χ0n) is 11.4. The van der Waals surface area contributed by atoms with Crippen molar-refractivity contribution in [2.24, 2.45) is 0 Å². The zero-order valence-corrected chi connectivity index (χ0v) is 13.2. The molecular formula is C11H20N2O5P2. The van der Waals surface area contributed by atoms with Crippen LogP contribution < -0.4 is 15.5 Å². The van der Waals surface area contributed by atoms with Crippen molar-refractivity contribution < 1.29 is 23.8 Å². The van der Waals surface area contributed by atoms with Crippen molar-refractivity contribution in [2.75, 3.05) is 38.0 Å². The van der Waals surface area contributed by atoms with Gasteiger partial charge in [0.1, 0.15) is 5.90 Å². The summed E-state index contributed by atoms with van der Waals surface area (Å²) >= 11 is 0. The SMILES string of the molecule is CNCCN(C)c1ccc(P(=O)(O)CP(=O)(O)O)cc1. The van der Waals surface area contributed by atoms with Crippen LogP contribution >= 0.6 is 15.0 Å². The van der Waals surface area contributed by atoms with E-state index in [0.29, 0.717) is 0 Å². The van der Waals surface area contributed by atoms with Gasteiger partial charge >= 0.3 is 7.60 Å². The Kier molecular flexibility index (Phi) is 5.95. The molecule has 0 saturated heterocycles. The van der Waals surface area contributed by atoms with Gasteiger partial charge in [-0.3, -0.25) is 9.13 Å². The molecule has 20 heavy (non-hydrogen) atoms. The second-order valence-electron chi connectivity index (χ2n) is 4.55. The van der Waals surface area contributed by atoms with Gasteiger partial charge in [0.15, 0.2) is 0 Å². The minimum atomic E-state index is -4.53. The van der Waals surface area contributed by atoms with Crippen molar-refractivity contribution in [2.45, 2.75) is 0 Å². The van der Waals surface area contributed by atoms with E-state index in [1.165, 1.54) is 12.1 Å². The minimum absolute atomic E-state index is 0.0478. The van der Waals surface area contributed by atoms with Crippen LogP contribution in [0.4, 0.5) is 5.69 Å². The van der Waals surface area contributed by atoms with Crippen molar-refractivity contribution in [3.8, 4) is 0 Å². The Labute approximate surface area is 118 Å². The van der Waals surface area contributed by atoms with Crippen LogP contribution in [0, 0.1) is 0 Å². The van der Waals surface area contributed by atoms with Crippen molar-refractivity contribution >= 4 is 26.0 Å². The molecule has 1 rings (SSSR count). The van der Waals surface area contributed by atoms with Crippen LogP contribution in [0.1, 0.15) is 0 Å². The van der Waals surface area contributed by atoms with Crippen molar-refractivity contribution in [3.63, 3.8) is 0 Å². The Morgan fingerprint density at radius 3 is 2.15 bits per heavy atom. The second-order valence-corrected chi connectivity index (χ2v) is 8.93. The average Bonchev–Trinajstić information content (AvgIpc) is 2.33. The molecule has 114 valence electrons. The Morgan fingerprint density at radius 1 is 1.15 bits per heavy atom. The number of benzene rings is 1. The highest BCUT2D eigenvalue weighted by molar-refractivity contribution is 7.77. The quantitative estimate of drug-likeness (QED) is 0.537. The van der Waals surface area contributed by atoms with Crippen molar-refractivity contribution in [1.82, 2.24) is 5.32 Å². The molecule has 0 heterocycles. The summed E-state index contributed by atoms with van der Waals surface area (Å²) in [5, 5.41) is 3.06. The van der Waals surface area contributed by atoms with Gasteiger partial charge in [-0.1, -0.05) is 0 Å². The molecule has 0 aromatic heterocycles. The van der Waals surface area contributed by atoms with E-state index in [9.17, 15) is 14.0 Å². The lowest BCUT2D eigenvalue weighted by Gasteiger charge is -2.20. The maximum atomic E-state index is 11.9. The fourth-order valence-electron chi connectivity index (χ4n) is 1.68. The third-order valence-corrected chi connectivity index (χ3v) is 6.88. The normalized spacial score (nSPS) is 14.8. The van der Waals surface area contributed by atoms with E-state index in [1.54, 1.807) is 12.1 Å². The number of nitrogens with one attached hydrogen (secondary N) is 1. The highest BCUT2D eigenvalue weighted by atomic mass is 31.2. The monoisotopic (exact) mass is 322 g/mol. The van der Waals surface area contributed by atoms with Gasteiger partial charge in [0.2, 0.25) is 7.37 Å². The van der Waals surface area contributed by atoms with Gasteiger partial charge in [0, 0.05) is 31.1 Å². The molecule has 0 aliphatic rings. The topological polar surface area (TPSA) is 110 Å². The van der Waals surface area contributed by atoms with E-state index >= 15 is 0 Å². The number of nitrogens with zero attached hydrogens (tertiary/aromatic N) is 1. The first-order valence-electron chi connectivity index (χ1n) is 5.98. The Morgan fingerprint density at radius 2 is 1.70 bits per heavy atom. The van der Waals surface area contributed by atoms with Crippen LogP contribution in [0.2, 0.25) is 0 Å². The lowest BCUT2D eigenvalue weighted by atomic mass is 10.3. The van der Waals surface area contributed by atoms with Crippen LogP contribution in [-0.2, 0) is 9.13 Å². The first-order chi connectivity index (χ1) is 9.15. The van der Waals surface area contributed by atoms with Crippen LogP contribution in [0.15, 0.2) is 24.3 Å². The fourth-order valence-corrected chi connectivity index (χ4v) is 4.95. The summed E-state index contributed by atoms with van der Waals surface area (Å²) in [6.07, 6.45) is 0. The number of anilines is 1. The second kappa shape index (κ2) is 6.85. The predicted octanol–water partition coefficient (Wildman–Crippen LogP) is 0.373. The van der Waals surface area contributed by atoms with Gasteiger partial charge in [0.05, 0.1) is 0 Å². The van der Waals surface area contributed by atoms with E-state index in [0.717, 1.165) is 18.8 Å². The van der Waals surface area contributed by atoms with Crippen LogP contribution in [0.3, 0.4) is 0 Å². The summed E-state index contributed by atoms with van der Waals surface area (Å²) in [7, 11) is -4.82. The lowest BCUT2D eigenvalue weighted by molar-refractivity contribution is 0.376. The molecule has 0 saturated carbocycles. The van der Waals surface area contributed by atoms with E-state index in [2.05, 4.69) is 5.32 Å².